The molecular formula is C85H123N23O21S. The Labute approximate surface area is 755 Å². The van der Waals surface area contributed by atoms with Crippen molar-refractivity contribution >= 4 is 130 Å². The van der Waals surface area contributed by atoms with E-state index in [1.807, 2.05) is 0 Å². The molecule has 1 aliphatic rings. The zero-order valence-electron chi connectivity index (χ0n) is 73.1. The zero-order valence-corrected chi connectivity index (χ0v) is 74.0. The number of nitrogens with one attached hydrogen (secondary N) is 17. The number of hydrogen-bond acceptors (Lipinski definition) is 24. The van der Waals surface area contributed by atoms with Crippen molar-refractivity contribution in [1.82, 2.24) is 94.3 Å². The van der Waals surface area contributed by atoms with Crippen molar-refractivity contribution in [2.45, 2.75) is 228 Å². The molecule has 15 amide bonds. The Morgan fingerprint density at radius 1 is 0.562 bits per heavy atom. The number of likely N-dealkylation sites (tertiary alicyclic amines) is 1. The van der Waals surface area contributed by atoms with Crippen molar-refractivity contribution in [3.8, 4) is 0 Å². The molecule has 130 heavy (non-hydrogen) atoms. The number of aromatic amines is 2. The minimum Gasteiger partial charge on any atom is -0.481 e. The molecule has 16 atom stereocenters. The summed E-state index contributed by atoms with van der Waals surface area (Å²) in [5.41, 5.74) is 25.9. The molecule has 6 rings (SSSR count). The van der Waals surface area contributed by atoms with E-state index in [0.29, 0.717) is 33.3 Å². The highest BCUT2D eigenvalue weighted by Crippen LogP contribution is 2.25. The number of aliphatic hydroxyl groups is 2. The fraction of sp³-hybridized carbons (Fsp3) is 0.518. The van der Waals surface area contributed by atoms with Gasteiger partial charge in [0.05, 0.1) is 38.0 Å². The number of rotatable bonds is 56. The van der Waals surface area contributed by atoms with Crippen molar-refractivity contribution in [2.24, 2.45) is 34.8 Å². The fourth-order valence-electron chi connectivity index (χ4n) is 14.2. The van der Waals surface area contributed by atoms with E-state index in [9.17, 15) is 87.5 Å². The summed E-state index contributed by atoms with van der Waals surface area (Å²) < 4.78 is 0. The van der Waals surface area contributed by atoms with Gasteiger partial charge in [0.25, 0.3) is 0 Å². The zero-order chi connectivity index (χ0) is 95.8. The largest absolute Gasteiger partial charge is 0.481 e. The average molecular weight is 1840 g/mol. The summed E-state index contributed by atoms with van der Waals surface area (Å²) in [6.45, 7) is 6.09. The summed E-state index contributed by atoms with van der Waals surface area (Å²) in [5, 5.41) is 84.2. The van der Waals surface area contributed by atoms with E-state index in [4.69, 9.17) is 28.3 Å². The van der Waals surface area contributed by atoms with Crippen LogP contribution < -0.4 is 97.4 Å². The van der Waals surface area contributed by atoms with E-state index in [0.717, 1.165) is 6.92 Å². The number of carbonyl (C=O) groups is 17. The first-order valence-electron chi connectivity index (χ1n) is 42.8. The lowest BCUT2D eigenvalue weighted by atomic mass is 9.97. The van der Waals surface area contributed by atoms with Crippen LogP contribution in [0.3, 0.4) is 0 Å². The van der Waals surface area contributed by atoms with Gasteiger partial charge in [-0.1, -0.05) is 113 Å². The number of aliphatic carboxylic acids is 2. The number of imidazole rings is 1. The van der Waals surface area contributed by atoms with Crippen LogP contribution in [0.25, 0.3) is 10.9 Å². The van der Waals surface area contributed by atoms with E-state index < -0.39 is 230 Å². The molecule has 3 aromatic carbocycles. The van der Waals surface area contributed by atoms with Gasteiger partial charge < -0.3 is 133 Å². The molecule has 0 radical (unpaired) electrons. The number of H-pyrrole nitrogens is 2. The molecule has 2 aromatic heterocycles. The maximum Gasteiger partial charge on any atom is 0.327 e. The van der Waals surface area contributed by atoms with Gasteiger partial charge in [-0.2, -0.15) is 12.6 Å². The fourth-order valence-corrected chi connectivity index (χ4v) is 14.5. The summed E-state index contributed by atoms with van der Waals surface area (Å²) >= 11 is 3.91. The van der Waals surface area contributed by atoms with Crippen LogP contribution in [-0.4, -0.2) is 276 Å². The minimum absolute atomic E-state index is 0.00685. The predicted molar refractivity (Wildman–Crippen MR) is 475 cm³/mol. The van der Waals surface area contributed by atoms with Crippen LogP contribution in [0.5, 0.6) is 0 Å². The van der Waals surface area contributed by atoms with Crippen molar-refractivity contribution < 1.29 is 102 Å². The molecule has 0 saturated carbocycles. The molecule has 0 bridgehead atoms. The second-order valence-corrected chi connectivity index (χ2v) is 32.6. The van der Waals surface area contributed by atoms with Gasteiger partial charge in [0, 0.05) is 79.9 Å². The number of carboxylic acids is 2. The molecule has 0 unspecified atom stereocenters. The van der Waals surface area contributed by atoms with Crippen LogP contribution in [0.4, 0.5) is 0 Å². The Bertz CT molecular complexity index is 4680. The molecule has 3 heterocycles. The molecule has 44 nitrogen and oxygen atoms in total. The van der Waals surface area contributed by atoms with Crippen molar-refractivity contribution in [1.29, 1.82) is 5.41 Å². The number of primary amides is 1. The van der Waals surface area contributed by atoms with Crippen LogP contribution in [-0.2, 0) is 107 Å². The van der Waals surface area contributed by atoms with E-state index in [1.165, 1.54) is 17.4 Å². The van der Waals surface area contributed by atoms with Gasteiger partial charge in [0.2, 0.25) is 88.6 Å². The molecular weight excluding hydrogens is 1710 g/mol. The number of fused-ring (bicyclic) bond motifs is 1. The average Bonchev–Trinajstić information content (AvgIpc) is 1.64. The number of guanidine groups is 1. The van der Waals surface area contributed by atoms with E-state index in [1.54, 1.807) is 119 Å². The third kappa shape index (κ3) is 34.5. The Morgan fingerprint density at radius 2 is 1.08 bits per heavy atom. The molecule has 1 saturated heterocycles. The molecule has 0 spiro atoms. The van der Waals surface area contributed by atoms with E-state index in [2.05, 4.69) is 102 Å². The molecule has 29 N–H and O–H groups in total. The Balaban J connectivity index is 1.23. The number of aromatic nitrogens is 3. The van der Waals surface area contributed by atoms with Crippen molar-refractivity contribution in [3.05, 3.63) is 126 Å². The summed E-state index contributed by atoms with van der Waals surface area (Å²) in [7, 11) is 0. The van der Waals surface area contributed by atoms with Gasteiger partial charge in [0.15, 0.2) is 5.96 Å². The highest BCUT2D eigenvalue weighted by atomic mass is 32.1. The lowest BCUT2D eigenvalue weighted by Gasteiger charge is -2.31. The standard InChI is InChI=1S/C85H123N23O21S/c1-6-46(4)69(106-74(118)56(26-17-31-92-85(89)90)97-71(115)53(87)37-51-40-91-44-95-51)81(125)105-63(42-109)79(123)107-70(47(5)110)82(126)103-60(35-49-21-11-8-12-22-49)76(120)98-55(25-15-16-30-86)73(117)101-61(38-66(88)111)78(122)104-62(36-50-39-93-54-24-14-13-23-52(50)54)83(127)108-32-18-27-65(108)80(124)102-59(34-48-19-9-7-10-20-48)77(121)100-58(33-45(2)3)75(119)99-57(28-29-68(113)114)72(116)94-41-67(112)96-64(43-130)84(128)129/h7-14,19-24,39-40,44-47,53,55-65,69-70,93,109-110,130H,6,15-18,25-38,41-43,86-87H2,1-5H3,(H2,88,111)(H,91,95)(H,94,116)(H,96,112)(H,97,115)(H,98,120)(H,99,119)(H,100,121)(H,101,117)(H,102,124)(H,103,126)(H,104,122)(H,105,125)(H,106,118)(H,107,123)(H,113,114)(H,128,129)(H4,89,90,92)/t46-,47+,53-,55-,56-,57-,58-,59-,60-,61-,62-,63-,64-,65-,69-,70-/m0/s1. The first kappa shape index (κ1) is 106. The number of hydrogen-bond donors (Lipinski definition) is 26. The molecule has 0 aliphatic carbocycles. The van der Waals surface area contributed by atoms with Crippen molar-refractivity contribution in [2.75, 3.05) is 38.5 Å². The number of aliphatic hydroxyl groups excluding tert-OH is 2. The van der Waals surface area contributed by atoms with Crippen LogP contribution >= 0.6 is 12.6 Å². The number of carboxylic acid groups (broad SMARTS) is 2. The number of nitrogens with two attached hydrogens (primary N) is 4. The highest BCUT2D eigenvalue weighted by molar-refractivity contribution is 7.80. The van der Waals surface area contributed by atoms with Gasteiger partial charge in [-0.3, -0.25) is 82.1 Å². The number of amides is 15. The quantitative estimate of drug-likeness (QED) is 0.00750. The second kappa shape index (κ2) is 53.6. The topological polar surface area (TPSA) is 715 Å². The SMILES string of the molecule is CC[C@H](C)[C@H](NC(=O)[C@H](CCCNC(=N)N)NC(=O)[C@@H](N)Cc1cnc[nH]1)C(=O)N[C@@H](CO)C(=O)N[C@H](C(=O)N[C@@H](Cc1ccccc1)C(=O)N[C@@H](CCCCN)C(=O)N[C@@H](CC(N)=O)C(=O)N[C@@H](Cc1c[nH]c2ccccc12)C(=O)N1CCC[C@H]1C(=O)N[C@@H](Cc1ccccc1)C(=O)N[C@@H](CC(C)C)C(=O)N[C@@H](CCC(=O)O)C(=O)NCC(=O)N[C@@H](CS)C(=O)O)[C@@H](C)O. The van der Waals surface area contributed by atoms with Crippen molar-refractivity contribution in [3.63, 3.8) is 0 Å². The normalized spacial score (nSPS) is 15.8. The third-order valence-electron chi connectivity index (χ3n) is 21.5. The summed E-state index contributed by atoms with van der Waals surface area (Å²) in [6, 6.07) is 1.59. The number of benzene rings is 3. The molecule has 5 aromatic rings. The predicted octanol–water partition coefficient (Wildman–Crippen LogP) is -4.97. The lowest BCUT2D eigenvalue weighted by molar-refractivity contribution is -0.142. The summed E-state index contributed by atoms with van der Waals surface area (Å²) in [6.07, 6.45) is 0.579. The molecule has 710 valence electrons. The van der Waals surface area contributed by atoms with Gasteiger partial charge in [-0.15, -0.1) is 0 Å². The summed E-state index contributed by atoms with van der Waals surface area (Å²) in [5.74, 6) is -19.4. The highest BCUT2D eigenvalue weighted by Gasteiger charge is 2.43. The third-order valence-corrected chi connectivity index (χ3v) is 21.8. The smallest absolute Gasteiger partial charge is 0.327 e. The lowest BCUT2D eigenvalue weighted by Crippen LogP contribution is -2.63. The number of carbonyl (C=O) groups excluding carboxylic acids is 15. The van der Waals surface area contributed by atoms with Crippen LogP contribution in [0.1, 0.15) is 134 Å². The minimum atomic E-state index is -1.95. The second-order valence-electron chi connectivity index (χ2n) is 32.2. The first-order valence-corrected chi connectivity index (χ1v) is 43.5. The van der Waals surface area contributed by atoms with Gasteiger partial charge >= 0.3 is 11.9 Å². The van der Waals surface area contributed by atoms with E-state index in [-0.39, 0.29) is 121 Å². The van der Waals surface area contributed by atoms with Crippen LogP contribution in [0, 0.1) is 17.2 Å². The van der Waals surface area contributed by atoms with E-state index >= 15 is 14.4 Å². The van der Waals surface area contributed by atoms with Gasteiger partial charge in [-0.25, -0.2) is 9.78 Å². The Hall–Kier alpha value is -13.1. The number of unbranched alkanes of at least 4 members (excludes halogenated alkanes) is 1. The first-order chi connectivity index (χ1) is 61.8. The monoisotopic (exact) mass is 1830 g/mol. The van der Waals surface area contributed by atoms with Gasteiger partial charge in [-0.05, 0) is 106 Å². The van der Waals surface area contributed by atoms with Gasteiger partial charge in [0.1, 0.15) is 78.5 Å². The molecule has 45 heteroatoms. The molecule has 1 aliphatic heterocycles. The Morgan fingerprint density at radius 3 is 1.65 bits per heavy atom. The number of thiol groups is 1. The Kier molecular flexibility index (Phi) is 43.6. The number of para-hydroxylation sites is 1. The summed E-state index contributed by atoms with van der Waals surface area (Å²) in [4.78, 5) is 249. The van der Waals surface area contributed by atoms with Crippen LogP contribution in [0.2, 0.25) is 0 Å². The van der Waals surface area contributed by atoms with Crippen LogP contribution in [0.15, 0.2) is 104 Å². The maximum atomic E-state index is 15.5. The molecule has 1 fully saturated rings. The number of nitrogens with zero attached hydrogens (tertiary/aromatic N) is 2. The maximum absolute atomic E-state index is 15.5.